The highest BCUT2D eigenvalue weighted by Gasteiger charge is 2.12. The second-order valence-electron chi connectivity index (χ2n) is 7.50. The van der Waals surface area contributed by atoms with E-state index >= 15 is 0 Å². The van der Waals surface area contributed by atoms with E-state index in [4.69, 9.17) is 33.7 Å². The number of carboxylic acids is 2. The smallest absolute Gasteiger partial charge is 0.305 e. The molecule has 0 aliphatic carbocycles. The molecular weight excluding hydrogens is 511 g/mol. The lowest BCUT2D eigenvalue weighted by Gasteiger charge is -2.14. The van der Waals surface area contributed by atoms with Gasteiger partial charge in [0.1, 0.15) is 0 Å². The Labute approximate surface area is 219 Å². The van der Waals surface area contributed by atoms with Gasteiger partial charge >= 0.3 is 5.97 Å². The fourth-order valence-corrected chi connectivity index (χ4v) is 3.33. The first kappa shape index (κ1) is 30.9. The van der Waals surface area contributed by atoms with Crippen molar-refractivity contribution >= 4 is 46.8 Å². The van der Waals surface area contributed by atoms with Crippen LogP contribution in [0.15, 0.2) is 54.6 Å². The Balaban J connectivity index is 0.000000697. The number of aliphatic carboxylic acids is 2. The summed E-state index contributed by atoms with van der Waals surface area (Å²) < 4.78 is 5.24. The number of carboxylic acid groups (broad SMARTS) is 2. The van der Waals surface area contributed by atoms with Gasteiger partial charge in [0, 0.05) is 13.0 Å². The lowest BCUT2D eigenvalue weighted by atomic mass is 10.1. The summed E-state index contributed by atoms with van der Waals surface area (Å²) in [6.45, 7) is 1.34. The molecule has 0 aliphatic heterocycles. The van der Waals surface area contributed by atoms with Crippen LogP contribution < -0.4 is 21.3 Å². The van der Waals surface area contributed by atoms with E-state index in [1.165, 1.54) is 5.56 Å². The molecule has 0 aromatic heterocycles. The minimum atomic E-state index is -1.55. The predicted octanol–water partition coefficient (Wildman–Crippen LogP) is 1.20. The molecule has 0 fully saturated rings. The van der Waals surface area contributed by atoms with Crippen LogP contribution >= 0.6 is 23.2 Å². The summed E-state index contributed by atoms with van der Waals surface area (Å²) in [5.41, 5.74) is 7.82. The summed E-state index contributed by atoms with van der Waals surface area (Å²) in [5.74, 6) is -3.30. The maximum Gasteiger partial charge on any atom is 0.305 e. The minimum absolute atomic E-state index is 0.201. The highest BCUT2D eigenvalue weighted by Crippen LogP contribution is 2.31. The molecule has 0 saturated heterocycles. The average molecular weight is 539 g/mol. The van der Waals surface area contributed by atoms with Crippen molar-refractivity contribution in [1.29, 1.82) is 0 Å². The third kappa shape index (κ3) is 13.7. The van der Waals surface area contributed by atoms with Crippen molar-refractivity contribution in [2.75, 3.05) is 25.4 Å². The lowest BCUT2D eigenvalue weighted by Crippen LogP contribution is -2.23. The molecule has 2 aromatic carbocycles. The van der Waals surface area contributed by atoms with Gasteiger partial charge in [0.05, 0.1) is 40.4 Å². The second-order valence-corrected chi connectivity index (χ2v) is 8.32. The van der Waals surface area contributed by atoms with Gasteiger partial charge in [0.15, 0.2) is 0 Å². The Morgan fingerprint density at radius 1 is 1.03 bits per heavy atom. The van der Waals surface area contributed by atoms with Crippen LogP contribution in [0.3, 0.4) is 0 Å². The number of ether oxygens (including phenoxy) is 1. The SMILES string of the molecule is Nc1c(Cl)cc(C(O)CNCCCC(=O)OCCCc2ccccc2)cc1Cl.O=C([O-])/C=C\C(=O)[O-]. The van der Waals surface area contributed by atoms with E-state index < -0.39 is 18.0 Å². The van der Waals surface area contributed by atoms with Crippen molar-refractivity contribution < 1.29 is 34.4 Å². The van der Waals surface area contributed by atoms with E-state index in [-0.39, 0.29) is 5.97 Å². The molecule has 0 amide bonds. The van der Waals surface area contributed by atoms with Crippen LogP contribution in [-0.2, 0) is 25.5 Å². The van der Waals surface area contributed by atoms with Crippen molar-refractivity contribution in [2.24, 2.45) is 0 Å². The van der Waals surface area contributed by atoms with Gasteiger partial charge in [0.2, 0.25) is 0 Å². The molecule has 1 atom stereocenters. The zero-order valence-electron chi connectivity index (χ0n) is 19.5. The fourth-order valence-electron chi connectivity index (χ4n) is 2.83. The standard InChI is InChI=1S/C21H26Cl2N2O3.C4H4O4/c22-17-12-16(13-18(23)21(17)24)19(26)14-25-10-4-9-20(27)28-11-5-8-15-6-2-1-3-7-15;5-3(6)1-2-4(7)8/h1-3,6-7,12-13,19,25-26H,4-5,8-11,14,24H2;1-2H,(H,5,6)(H,7,8)/p-2/b;2-1-. The van der Waals surface area contributed by atoms with Gasteiger partial charge < -0.3 is 40.7 Å². The first-order valence-corrected chi connectivity index (χ1v) is 11.8. The molecule has 1 unspecified atom stereocenters. The minimum Gasteiger partial charge on any atom is -0.545 e. The number of carbonyl (C=O) groups excluding carboxylic acids is 3. The second kappa shape index (κ2) is 17.3. The molecule has 0 spiro atoms. The van der Waals surface area contributed by atoms with Crippen molar-refractivity contribution in [2.45, 2.75) is 31.8 Å². The summed E-state index contributed by atoms with van der Waals surface area (Å²) in [7, 11) is 0. The predicted molar refractivity (Wildman–Crippen MR) is 133 cm³/mol. The highest BCUT2D eigenvalue weighted by atomic mass is 35.5. The number of nitrogens with two attached hydrogens (primary N) is 1. The number of esters is 1. The summed E-state index contributed by atoms with van der Waals surface area (Å²) in [6, 6.07) is 13.3. The molecule has 0 saturated carbocycles. The van der Waals surface area contributed by atoms with Gasteiger partial charge in [-0.25, -0.2) is 0 Å². The number of rotatable bonds is 13. The zero-order valence-corrected chi connectivity index (χ0v) is 21.0. The number of aliphatic hydroxyl groups excluding tert-OH is 1. The number of benzene rings is 2. The molecule has 2 aromatic rings. The number of nitrogen functional groups attached to an aromatic ring is 1. The van der Waals surface area contributed by atoms with Crippen LogP contribution in [0.1, 0.15) is 36.5 Å². The van der Waals surface area contributed by atoms with Crippen LogP contribution in [-0.4, -0.2) is 42.7 Å². The Bertz CT molecular complexity index is 978. The van der Waals surface area contributed by atoms with Crippen molar-refractivity contribution in [3.8, 4) is 0 Å². The Morgan fingerprint density at radius 2 is 1.61 bits per heavy atom. The van der Waals surface area contributed by atoms with E-state index in [0.717, 1.165) is 12.8 Å². The molecule has 2 rings (SSSR count). The number of hydrogen-bond acceptors (Lipinski definition) is 9. The molecule has 196 valence electrons. The Morgan fingerprint density at radius 3 is 2.17 bits per heavy atom. The van der Waals surface area contributed by atoms with E-state index in [0.29, 0.717) is 66.0 Å². The van der Waals surface area contributed by atoms with Crippen LogP contribution in [0.5, 0.6) is 0 Å². The largest absolute Gasteiger partial charge is 0.545 e. The van der Waals surface area contributed by atoms with Gasteiger partial charge in [-0.05, 0) is 61.2 Å². The van der Waals surface area contributed by atoms with Crippen molar-refractivity contribution in [3.63, 3.8) is 0 Å². The quantitative estimate of drug-likeness (QED) is 0.147. The van der Waals surface area contributed by atoms with Crippen LogP contribution in [0, 0.1) is 0 Å². The Hall–Kier alpha value is -3.11. The maximum absolute atomic E-state index is 11.7. The normalized spacial score (nSPS) is 11.4. The number of halogens is 2. The topological polar surface area (TPSA) is 165 Å². The fraction of sp³-hybridized carbons (Fsp3) is 0.320. The highest BCUT2D eigenvalue weighted by molar-refractivity contribution is 6.38. The van der Waals surface area contributed by atoms with Crippen molar-refractivity contribution in [1.82, 2.24) is 5.32 Å². The number of carbonyl (C=O) groups is 3. The summed E-state index contributed by atoms with van der Waals surface area (Å²) in [4.78, 5) is 30.6. The molecule has 36 heavy (non-hydrogen) atoms. The summed E-state index contributed by atoms with van der Waals surface area (Å²) >= 11 is 12.0. The van der Waals surface area contributed by atoms with Crippen LogP contribution in [0.4, 0.5) is 5.69 Å². The molecule has 4 N–H and O–H groups in total. The molecule has 0 radical (unpaired) electrons. The van der Waals surface area contributed by atoms with Gasteiger partial charge in [-0.15, -0.1) is 0 Å². The van der Waals surface area contributed by atoms with Gasteiger partial charge in [-0.3, -0.25) is 4.79 Å². The van der Waals surface area contributed by atoms with Crippen LogP contribution in [0.25, 0.3) is 0 Å². The van der Waals surface area contributed by atoms with E-state index in [1.807, 2.05) is 18.2 Å². The van der Waals surface area contributed by atoms with Crippen molar-refractivity contribution in [3.05, 3.63) is 75.8 Å². The molecule has 11 heteroatoms. The average Bonchev–Trinajstić information content (AvgIpc) is 2.84. The third-order valence-corrected chi connectivity index (χ3v) is 5.25. The third-order valence-electron chi connectivity index (χ3n) is 4.63. The Kier molecular flexibility index (Phi) is 14.9. The van der Waals surface area contributed by atoms with Gasteiger partial charge in [0.25, 0.3) is 0 Å². The first-order valence-electron chi connectivity index (χ1n) is 11.0. The van der Waals surface area contributed by atoms with E-state index in [1.54, 1.807) is 12.1 Å². The molecule has 0 aliphatic rings. The number of anilines is 1. The monoisotopic (exact) mass is 538 g/mol. The number of aliphatic hydroxyl groups is 1. The number of aryl methyl sites for hydroxylation is 1. The summed E-state index contributed by atoms with van der Waals surface area (Å²) in [5, 5.41) is 32.8. The lowest BCUT2D eigenvalue weighted by molar-refractivity contribution is -0.301. The molecule has 9 nitrogen and oxygen atoms in total. The van der Waals surface area contributed by atoms with Crippen LogP contribution in [0.2, 0.25) is 10.0 Å². The first-order chi connectivity index (χ1) is 17.1. The molecular formula is C25H28Cl2N2O7-2. The molecule has 0 heterocycles. The van der Waals surface area contributed by atoms with E-state index in [9.17, 15) is 29.7 Å². The zero-order chi connectivity index (χ0) is 26.9. The number of hydrogen-bond donors (Lipinski definition) is 3. The van der Waals surface area contributed by atoms with E-state index in [2.05, 4.69) is 17.4 Å². The molecule has 0 bridgehead atoms. The van der Waals surface area contributed by atoms with Gasteiger partial charge in [-0.1, -0.05) is 53.5 Å². The summed E-state index contributed by atoms with van der Waals surface area (Å²) in [6.07, 6.45) is 2.69. The van der Waals surface area contributed by atoms with Gasteiger partial charge in [-0.2, -0.15) is 0 Å². The number of nitrogens with one attached hydrogen (secondary N) is 1. The maximum atomic E-state index is 11.7.